The molecule has 0 aromatic carbocycles. The molecule has 0 aromatic rings. The molecule has 0 spiro atoms. The van der Waals surface area contributed by atoms with E-state index >= 15 is 0 Å². The van der Waals surface area contributed by atoms with Crippen LogP contribution in [-0.2, 0) is 9.59 Å². The second kappa shape index (κ2) is 3.98. The van der Waals surface area contributed by atoms with Gasteiger partial charge in [-0.25, -0.2) is 0 Å². The molecule has 0 aromatic heterocycles. The molecule has 1 saturated heterocycles. The van der Waals surface area contributed by atoms with Crippen LogP contribution in [0.5, 0.6) is 0 Å². The highest BCUT2D eigenvalue weighted by Gasteiger charge is 2.46. The van der Waals surface area contributed by atoms with Crippen LogP contribution < -0.4 is 5.73 Å². The van der Waals surface area contributed by atoms with Crippen LogP contribution in [0.2, 0.25) is 0 Å². The van der Waals surface area contributed by atoms with Crippen molar-refractivity contribution < 1.29 is 14.7 Å². The molecule has 1 aliphatic carbocycles. The number of carbonyl (C=O) groups is 2. The average Bonchev–Trinajstić information content (AvgIpc) is 2.25. The Hall–Kier alpha value is -1.10. The summed E-state index contributed by atoms with van der Waals surface area (Å²) < 4.78 is 0. The van der Waals surface area contributed by atoms with Crippen molar-refractivity contribution in [2.45, 2.75) is 44.6 Å². The number of rotatable bonds is 2. The van der Waals surface area contributed by atoms with Crippen molar-refractivity contribution in [3.05, 3.63) is 0 Å². The van der Waals surface area contributed by atoms with Gasteiger partial charge in [-0.15, -0.1) is 0 Å². The number of aliphatic carboxylic acids is 1. The minimum atomic E-state index is -0.824. The zero-order valence-corrected chi connectivity index (χ0v) is 10.2. The summed E-state index contributed by atoms with van der Waals surface area (Å²) in [5.74, 6) is -0.884. The summed E-state index contributed by atoms with van der Waals surface area (Å²) in [4.78, 5) is 25.1. The third-order valence-electron chi connectivity index (χ3n) is 4.17. The standard InChI is InChI=1S/C12H20N2O3/c1-11(10(16)17)4-3-7-14(8-11)9(15)12(13)5-2-6-12/h2-8,13H2,1H3,(H,16,17). The van der Waals surface area contributed by atoms with Crippen molar-refractivity contribution in [3.8, 4) is 0 Å². The van der Waals surface area contributed by atoms with E-state index in [0.717, 1.165) is 25.7 Å². The highest BCUT2D eigenvalue weighted by molar-refractivity contribution is 5.88. The minimum Gasteiger partial charge on any atom is -0.481 e. The maximum atomic E-state index is 12.2. The number of carboxylic acid groups (broad SMARTS) is 1. The molecular formula is C12H20N2O3. The van der Waals surface area contributed by atoms with E-state index in [2.05, 4.69) is 0 Å². The fourth-order valence-corrected chi connectivity index (χ4v) is 2.67. The van der Waals surface area contributed by atoms with Gasteiger partial charge in [-0.3, -0.25) is 9.59 Å². The van der Waals surface area contributed by atoms with E-state index in [1.165, 1.54) is 0 Å². The van der Waals surface area contributed by atoms with Crippen molar-refractivity contribution in [1.29, 1.82) is 0 Å². The van der Waals surface area contributed by atoms with E-state index in [-0.39, 0.29) is 5.91 Å². The van der Waals surface area contributed by atoms with Gasteiger partial charge in [-0.2, -0.15) is 0 Å². The van der Waals surface area contributed by atoms with E-state index in [1.807, 2.05) is 0 Å². The van der Waals surface area contributed by atoms with Gasteiger partial charge in [0.1, 0.15) is 0 Å². The second-order valence-corrected chi connectivity index (χ2v) is 5.71. The van der Waals surface area contributed by atoms with Crippen molar-refractivity contribution >= 4 is 11.9 Å². The Morgan fingerprint density at radius 3 is 2.35 bits per heavy atom. The Balaban J connectivity index is 2.07. The van der Waals surface area contributed by atoms with Gasteiger partial charge in [-0.1, -0.05) is 0 Å². The largest absolute Gasteiger partial charge is 0.481 e. The summed E-state index contributed by atoms with van der Waals surface area (Å²) in [6.45, 7) is 2.64. The summed E-state index contributed by atoms with van der Waals surface area (Å²) in [5.41, 5.74) is 4.48. The summed E-state index contributed by atoms with van der Waals surface area (Å²) in [6.07, 6.45) is 3.82. The number of carboxylic acids is 1. The number of nitrogens with zero attached hydrogens (tertiary/aromatic N) is 1. The molecule has 2 aliphatic rings. The molecule has 1 amide bonds. The molecule has 96 valence electrons. The molecule has 2 rings (SSSR count). The minimum absolute atomic E-state index is 0.0593. The smallest absolute Gasteiger partial charge is 0.311 e. The lowest BCUT2D eigenvalue weighted by atomic mass is 9.75. The van der Waals surface area contributed by atoms with Crippen molar-refractivity contribution in [2.24, 2.45) is 11.1 Å². The van der Waals surface area contributed by atoms with Crippen LogP contribution in [0, 0.1) is 5.41 Å². The third kappa shape index (κ3) is 2.04. The summed E-state index contributed by atoms with van der Waals surface area (Å²) in [6, 6.07) is 0. The van der Waals surface area contributed by atoms with Crippen LogP contribution >= 0.6 is 0 Å². The summed E-state index contributed by atoms with van der Waals surface area (Å²) in [7, 11) is 0. The fraction of sp³-hybridized carbons (Fsp3) is 0.833. The Labute approximate surface area is 101 Å². The lowest BCUT2D eigenvalue weighted by Crippen LogP contribution is -2.62. The number of carbonyl (C=O) groups excluding carboxylic acids is 1. The molecule has 0 radical (unpaired) electrons. The molecule has 5 heteroatoms. The van der Waals surface area contributed by atoms with Gasteiger partial charge in [0.05, 0.1) is 11.0 Å². The van der Waals surface area contributed by atoms with E-state index in [9.17, 15) is 14.7 Å². The van der Waals surface area contributed by atoms with Gasteiger partial charge in [0.25, 0.3) is 0 Å². The Morgan fingerprint density at radius 2 is 1.88 bits per heavy atom. The molecule has 2 fully saturated rings. The molecule has 1 atom stereocenters. The highest BCUT2D eigenvalue weighted by atomic mass is 16.4. The maximum absolute atomic E-state index is 12.2. The molecule has 1 heterocycles. The van der Waals surface area contributed by atoms with Crippen LogP contribution in [0.25, 0.3) is 0 Å². The van der Waals surface area contributed by atoms with Crippen molar-refractivity contribution in [3.63, 3.8) is 0 Å². The lowest BCUT2D eigenvalue weighted by Gasteiger charge is -2.44. The maximum Gasteiger partial charge on any atom is 0.311 e. The predicted octanol–water partition coefficient (Wildman–Crippen LogP) is 0.581. The first-order chi connectivity index (χ1) is 7.87. The van der Waals surface area contributed by atoms with Crippen LogP contribution in [0.15, 0.2) is 0 Å². The first kappa shape index (κ1) is 12.4. The Bertz CT molecular complexity index is 352. The number of nitrogens with two attached hydrogens (primary N) is 1. The lowest BCUT2D eigenvalue weighted by molar-refractivity contribution is -0.155. The summed E-state index contributed by atoms with van der Waals surface area (Å²) >= 11 is 0. The van der Waals surface area contributed by atoms with Crippen LogP contribution in [0.1, 0.15) is 39.0 Å². The number of amides is 1. The second-order valence-electron chi connectivity index (χ2n) is 5.71. The number of piperidine rings is 1. The Kier molecular flexibility index (Phi) is 2.89. The van der Waals surface area contributed by atoms with Crippen LogP contribution in [0.3, 0.4) is 0 Å². The summed E-state index contributed by atoms with van der Waals surface area (Å²) in [5, 5.41) is 9.20. The van der Waals surface area contributed by atoms with E-state index < -0.39 is 16.9 Å². The zero-order valence-electron chi connectivity index (χ0n) is 10.2. The van der Waals surface area contributed by atoms with Gasteiger partial charge in [0, 0.05) is 13.1 Å². The van der Waals surface area contributed by atoms with Crippen molar-refractivity contribution in [1.82, 2.24) is 4.90 Å². The number of hydrogen-bond acceptors (Lipinski definition) is 3. The molecular weight excluding hydrogens is 220 g/mol. The molecule has 0 bridgehead atoms. The Morgan fingerprint density at radius 1 is 1.24 bits per heavy atom. The van der Waals surface area contributed by atoms with E-state index in [4.69, 9.17) is 5.73 Å². The molecule has 3 N–H and O–H groups in total. The van der Waals surface area contributed by atoms with Gasteiger partial charge >= 0.3 is 5.97 Å². The number of likely N-dealkylation sites (tertiary alicyclic amines) is 1. The van der Waals surface area contributed by atoms with Crippen LogP contribution in [0.4, 0.5) is 0 Å². The SMILES string of the molecule is CC1(C(=O)O)CCCN(C(=O)C2(N)CCC2)C1. The fourth-order valence-electron chi connectivity index (χ4n) is 2.67. The third-order valence-corrected chi connectivity index (χ3v) is 4.17. The van der Waals surface area contributed by atoms with Gasteiger partial charge in [-0.05, 0) is 39.0 Å². The first-order valence-corrected chi connectivity index (χ1v) is 6.19. The first-order valence-electron chi connectivity index (χ1n) is 6.19. The number of hydrogen-bond donors (Lipinski definition) is 2. The quantitative estimate of drug-likeness (QED) is 0.739. The highest BCUT2D eigenvalue weighted by Crippen LogP contribution is 2.35. The molecule has 1 aliphatic heterocycles. The average molecular weight is 240 g/mol. The topological polar surface area (TPSA) is 83.6 Å². The predicted molar refractivity (Wildman–Crippen MR) is 62.3 cm³/mol. The molecule has 1 saturated carbocycles. The van der Waals surface area contributed by atoms with Gasteiger partial charge in [0.15, 0.2) is 0 Å². The van der Waals surface area contributed by atoms with Crippen molar-refractivity contribution in [2.75, 3.05) is 13.1 Å². The van der Waals surface area contributed by atoms with E-state index in [0.29, 0.717) is 19.5 Å². The molecule has 17 heavy (non-hydrogen) atoms. The van der Waals surface area contributed by atoms with Gasteiger partial charge in [0.2, 0.25) is 5.91 Å². The molecule has 5 nitrogen and oxygen atoms in total. The van der Waals surface area contributed by atoms with Gasteiger partial charge < -0.3 is 15.7 Å². The van der Waals surface area contributed by atoms with E-state index in [1.54, 1.807) is 11.8 Å². The normalized spacial score (nSPS) is 31.8. The molecule has 1 unspecified atom stereocenters. The monoisotopic (exact) mass is 240 g/mol. The van der Waals surface area contributed by atoms with Crippen LogP contribution in [-0.4, -0.2) is 40.5 Å². The zero-order chi connectivity index (χ0) is 12.7.